The smallest absolute Gasteiger partial charge is 0.141 e. The maximum Gasteiger partial charge on any atom is 0.141 e. The molecule has 1 radical (unpaired) electrons. The van der Waals surface area contributed by atoms with Crippen molar-refractivity contribution in [2.24, 2.45) is 0 Å². The Kier molecular flexibility index (Phi) is 3.74. The molecule has 2 rings (SSSR count). The third-order valence-corrected chi connectivity index (χ3v) is 3.09. The zero-order valence-electron chi connectivity index (χ0n) is 11.6. The molecule has 0 spiro atoms. The molecule has 0 aliphatic rings. The fourth-order valence-electron chi connectivity index (χ4n) is 2.14. The van der Waals surface area contributed by atoms with Crippen LogP contribution < -0.4 is 9.64 Å². The van der Waals surface area contributed by atoms with E-state index in [1.165, 1.54) is 0 Å². The van der Waals surface area contributed by atoms with Gasteiger partial charge in [-0.25, -0.2) is 4.39 Å². The van der Waals surface area contributed by atoms with Gasteiger partial charge in [0.15, 0.2) is 0 Å². The van der Waals surface area contributed by atoms with Crippen LogP contribution in [0.3, 0.4) is 0 Å². The van der Waals surface area contributed by atoms with Crippen LogP contribution in [0.25, 0.3) is 11.1 Å². The summed E-state index contributed by atoms with van der Waals surface area (Å²) >= 11 is 0. The molecule has 0 bridgehead atoms. The molecule has 0 aliphatic heterocycles. The van der Waals surface area contributed by atoms with E-state index in [9.17, 15) is 4.39 Å². The van der Waals surface area contributed by atoms with E-state index in [0.717, 1.165) is 22.6 Å². The van der Waals surface area contributed by atoms with Crippen LogP contribution in [0.1, 0.15) is 5.56 Å². The Labute approximate surface area is 113 Å². The second-order valence-electron chi connectivity index (χ2n) is 4.63. The summed E-state index contributed by atoms with van der Waals surface area (Å²) in [6, 6.07) is 11.7. The van der Waals surface area contributed by atoms with E-state index >= 15 is 0 Å². The van der Waals surface area contributed by atoms with Gasteiger partial charge in [-0.05, 0) is 42.3 Å². The Hall–Kier alpha value is -2.03. The summed E-state index contributed by atoms with van der Waals surface area (Å²) in [6.07, 6.45) is 0. The van der Waals surface area contributed by atoms with Gasteiger partial charge in [-0.2, -0.15) is 0 Å². The summed E-state index contributed by atoms with van der Waals surface area (Å²) in [5.41, 5.74) is 3.21. The highest BCUT2D eigenvalue weighted by Crippen LogP contribution is 2.34. The first-order valence-electron chi connectivity index (χ1n) is 6.07. The minimum Gasteiger partial charge on any atom is -0.496 e. The zero-order valence-corrected chi connectivity index (χ0v) is 11.6. The van der Waals surface area contributed by atoms with E-state index in [-0.39, 0.29) is 5.82 Å². The van der Waals surface area contributed by atoms with Crippen LogP contribution in [0.5, 0.6) is 5.75 Å². The molecule has 0 aliphatic carbocycles. The summed E-state index contributed by atoms with van der Waals surface area (Å²) in [5, 5.41) is 0. The van der Waals surface area contributed by atoms with Crippen LogP contribution in [-0.2, 0) is 0 Å². The van der Waals surface area contributed by atoms with E-state index in [2.05, 4.69) is 6.07 Å². The van der Waals surface area contributed by atoms with Gasteiger partial charge in [0.25, 0.3) is 0 Å². The highest BCUT2D eigenvalue weighted by Gasteiger charge is 2.13. The minimum absolute atomic E-state index is 0.337. The second-order valence-corrected chi connectivity index (χ2v) is 4.63. The largest absolute Gasteiger partial charge is 0.496 e. The van der Waals surface area contributed by atoms with Crippen molar-refractivity contribution >= 4 is 5.69 Å². The lowest BCUT2D eigenvalue weighted by molar-refractivity contribution is 0.412. The minimum atomic E-state index is -0.337. The molecule has 19 heavy (non-hydrogen) atoms. The van der Waals surface area contributed by atoms with Crippen LogP contribution in [-0.4, -0.2) is 21.2 Å². The van der Waals surface area contributed by atoms with Gasteiger partial charge in [0.1, 0.15) is 11.6 Å². The lowest BCUT2D eigenvalue weighted by Crippen LogP contribution is -2.10. The van der Waals surface area contributed by atoms with E-state index in [0.29, 0.717) is 5.56 Å². The topological polar surface area (TPSA) is 12.5 Å². The standard InChI is InChI=1S/C16H17FNO/c1-11-10-12(8-9-15(11)19-4)16-13(17)6-5-7-14(16)18(2)3/h5,7-10H,1-4H3. The average Bonchev–Trinajstić information content (AvgIpc) is 2.38. The first kappa shape index (κ1) is 13.4. The third-order valence-electron chi connectivity index (χ3n) is 3.09. The molecule has 0 saturated carbocycles. The van der Waals surface area contributed by atoms with Gasteiger partial charge in [-0.1, -0.05) is 6.07 Å². The number of nitrogens with zero attached hydrogens (tertiary/aromatic N) is 1. The molecule has 2 aromatic carbocycles. The van der Waals surface area contributed by atoms with E-state index < -0.39 is 0 Å². The zero-order chi connectivity index (χ0) is 14.0. The predicted octanol–water partition coefficient (Wildman–Crippen LogP) is 3.68. The maximum absolute atomic E-state index is 14.1. The molecule has 0 fully saturated rings. The van der Waals surface area contributed by atoms with Crippen LogP contribution in [0.4, 0.5) is 10.1 Å². The number of aryl methyl sites for hydroxylation is 1. The molecule has 0 saturated heterocycles. The quantitative estimate of drug-likeness (QED) is 0.832. The Morgan fingerprint density at radius 1 is 1.21 bits per heavy atom. The van der Waals surface area contributed by atoms with E-state index in [1.54, 1.807) is 13.2 Å². The van der Waals surface area contributed by atoms with Gasteiger partial charge < -0.3 is 9.64 Å². The number of anilines is 1. The molecule has 2 aromatic rings. The second kappa shape index (κ2) is 5.31. The number of rotatable bonds is 3. The van der Waals surface area contributed by atoms with Crippen molar-refractivity contribution in [3.63, 3.8) is 0 Å². The van der Waals surface area contributed by atoms with Gasteiger partial charge in [-0.3, -0.25) is 0 Å². The summed E-state index contributed by atoms with van der Waals surface area (Å²) in [6.45, 7) is 1.95. The first-order valence-corrected chi connectivity index (χ1v) is 6.07. The molecular formula is C16H17FNO. The molecule has 2 nitrogen and oxygen atoms in total. The number of benzene rings is 2. The van der Waals surface area contributed by atoms with Crippen LogP contribution in [0.15, 0.2) is 30.3 Å². The lowest BCUT2D eigenvalue weighted by atomic mass is 10.00. The molecular weight excluding hydrogens is 241 g/mol. The molecule has 0 heterocycles. The van der Waals surface area contributed by atoms with Crippen LogP contribution in [0, 0.1) is 18.8 Å². The van der Waals surface area contributed by atoms with Crippen molar-refractivity contribution in [2.75, 3.05) is 26.1 Å². The molecule has 99 valence electrons. The Morgan fingerprint density at radius 3 is 2.53 bits per heavy atom. The molecule has 0 atom stereocenters. The van der Waals surface area contributed by atoms with Crippen molar-refractivity contribution in [2.45, 2.75) is 6.92 Å². The average molecular weight is 258 g/mol. The number of hydrogen-bond donors (Lipinski definition) is 0. The van der Waals surface area contributed by atoms with Crippen LogP contribution >= 0.6 is 0 Å². The fraction of sp³-hybridized carbons (Fsp3) is 0.250. The highest BCUT2D eigenvalue weighted by molar-refractivity contribution is 5.79. The summed E-state index contributed by atoms with van der Waals surface area (Å²) in [5.74, 6) is 0.464. The molecule has 3 heteroatoms. The van der Waals surface area contributed by atoms with Crippen molar-refractivity contribution in [3.8, 4) is 16.9 Å². The first-order chi connectivity index (χ1) is 9.04. The number of methoxy groups -OCH3 is 1. The van der Waals surface area contributed by atoms with Gasteiger partial charge >= 0.3 is 0 Å². The Balaban J connectivity index is 2.61. The van der Waals surface area contributed by atoms with Gasteiger partial charge in [0, 0.05) is 31.4 Å². The van der Waals surface area contributed by atoms with E-state index in [4.69, 9.17) is 4.74 Å². The van der Waals surface area contributed by atoms with Crippen molar-refractivity contribution in [1.29, 1.82) is 0 Å². The normalized spacial score (nSPS) is 10.4. The summed E-state index contributed by atoms with van der Waals surface area (Å²) < 4.78 is 19.3. The molecule has 0 aromatic heterocycles. The lowest BCUT2D eigenvalue weighted by Gasteiger charge is -2.18. The third kappa shape index (κ3) is 2.55. The van der Waals surface area contributed by atoms with Gasteiger partial charge in [0.2, 0.25) is 0 Å². The van der Waals surface area contributed by atoms with E-state index in [1.807, 2.05) is 50.2 Å². The summed E-state index contributed by atoms with van der Waals surface area (Å²) in [4.78, 5) is 1.89. The Morgan fingerprint density at radius 2 is 1.95 bits per heavy atom. The van der Waals surface area contributed by atoms with Crippen molar-refractivity contribution in [1.82, 2.24) is 0 Å². The monoisotopic (exact) mass is 258 g/mol. The van der Waals surface area contributed by atoms with Gasteiger partial charge in [-0.15, -0.1) is 0 Å². The predicted molar refractivity (Wildman–Crippen MR) is 76.3 cm³/mol. The summed E-state index contributed by atoms with van der Waals surface area (Å²) in [7, 11) is 5.42. The number of halogens is 1. The van der Waals surface area contributed by atoms with Crippen molar-refractivity contribution in [3.05, 3.63) is 47.8 Å². The maximum atomic E-state index is 14.1. The molecule has 0 amide bonds. The van der Waals surface area contributed by atoms with Gasteiger partial charge in [0.05, 0.1) is 7.11 Å². The van der Waals surface area contributed by atoms with Crippen LogP contribution in [0.2, 0.25) is 0 Å². The Bertz CT molecular complexity index is 593. The fourth-order valence-corrected chi connectivity index (χ4v) is 2.14. The highest BCUT2D eigenvalue weighted by atomic mass is 19.1. The molecule has 0 unspecified atom stereocenters. The SMILES string of the molecule is COc1ccc(-c2c(F)[c]ccc2N(C)C)cc1C. The number of hydrogen-bond acceptors (Lipinski definition) is 2. The van der Waals surface area contributed by atoms with Crippen molar-refractivity contribution < 1.29 is 9.13 Å². The number of ether oxygens (including phenoxy) is 1. The molecule has 0 N–H and O–H groups in total.